The highest BCUT2D eigenvalue weighted by Gasteiger charge is 2.58. The van der Waals surface area contributed by atoms with Crippen molar-refractivity contribution in [3.05, 3.63) is 23.3 Å². The van der Waals surface area contributed by atoms with Crippen LogP contribution in [0.4, 0.5) is 0 Å². The Morgan fingerprint density at radius 2 is 1.92 bits per heavy atom. The van der Waals surface area contributed by atoms with E-state index in [2.05, 4.69) is 51.8 Å². The normalized spacial score (nSPS) is 47.6. The van der Waals surface area contributed by atoms with Crippen molar-refractivity contribution in [1.82, 2.24) is 4.90 Å². The first-order valence-corrected chi connectivity index (χ1v) is 10.5. The van der Waals surface area contributed by atoms with E-state index in [4.69, 9.17) is 0 Å². The number of hydrogen-bond donors (Lipinski definition) is 0. The van der Waals surface area contributed by atoms with Gasteiger partial charge in [0.2, 0.25) is 0 Å². The van der Waals surface area contributed by atoms with Gasteiger partial charge in [-0.3, -0.25) is 0 Å². The van der Waals surface area contributed by atoms with Gasteiger partial charge >= 0.3 is 0 Å². The van der Waals surface area contributed by atoms with Crippen molar-refractivity contribution in [2.24, 2.45) is 28.6 Å². The third kappa shape index (κ3) is 2.23. The summed E-state index contributed by atoms with van der Waals surface area (Å²) in [5.74, 6) is 2.84. The molecule has 0 bridgehead atoms. The summed E-state index contributed by atoms with van der Waals surface area (Å²) in [5.41, 5.74) is 4.33. The van der Waals surface area contributed by atoms with Crippen molar-refractivity contribution in [3.8, 4) is 0 Å². The van der Waals surface area contributed by atoms with Crippen LogP contribution in [0.15, 0.2) is 23.3 Å². The van der Waals surface area contributed by atoms with Gasteiger partial charge < -0.3 is 4.90 Å². The van der Waals surface area contributed by atoms with Crippen LogP contribution in [0.1, 0.15) is 72.6 Å². The molecule has 0 heterocycles. The average molecular weight is 328 g/mol. The summed E-state index contributed by atoms with van der Waals surface area (Å²) < 4.78 is 0. The maximum Gasteiger partial charge on any atom is 0.0149 e. The summed E-state index contributed by atoms with van der Waals surface area (Å²) >= 11 is 0. The minimum absolute atomic E-state index is 0.471. The zero-order valence-corrected chi connectivity index (χ0v) is 16.6. The Morgan fingerprint density at radius 1 is 1.12 bits per heavy atom. The maximum absolute atomic E-state index is 2.65. The minimum atomic E-state index is 0.471. The first-order valence-electron chi connectivity index (χ1n) is 10.5. The van der Waals surface area contributed by atoms with Gasteiger partial charge in [0.25, 0.3) is 0 Å². The number of rotatable bonds is 2. The molecule has 0 N–H and O–H groups in total. The van der Waals surface area contributed by atoms with Crippen LogP contribution in [-0.4, -0.2) is 24.5 Å². The molecule has 4 aliphatic rings. The summed E-state index contributed by atoms with van der Waals surface area (Å²) in [5, 5.41) is 0. The lowest BCUT2D eigenvalue weighted by molar-refractivity contribution is -0.0439. The quantitative estimate of drug-likeness (QED) is 0.617. The molecule has 1 heteroatoms. The van der Waals surface area contributed by atoms with Crippen molar-refractivity contribution in [1.29, 1.82) is 0 Å². The average Bonchev–Trinajstić information content (AvgIpc) is 2.92. The molecule has 6 unspecified atom stereocenters. The molecule has 2 saturated carbocycles. The maximum atomic E-state index is 2.65. The van der Waals surface area contributed by atoms with E-state index in [0.29, 0.717) is 10.8 Å². The smallest absolute Gasteiger partial charge is 0.0149 e. The predicted octanol–water partition coefficient (Wildman–Crippen LogP) is 5.83. The van der Waals surface area contributed by atoms with Crippen LogP contribution in [0, 0.1) is 28.6 Å². The lowest BCUT2D eigenvalue weighted by atomic mass is 9.48. The fourth-order valence-electron chi connectivity index (χ4n) is 7.38. The highest BCUT2D eigenvalue weighted by atomic mass is 15.1. The lowest BCUT2D eigenvalue weighted by Gasteiger charge is -2.57. The zero-order valence-electron chi connectivity index (χ0n) is 16.6. The molecule has 0 spiro atoms. The molecule has 0 aromatic rings. The molecule has 0 radical (unpaired) electrons. The number of fused-ring (bicyclic) bond motifs is 5. The van der Waals surface area contributed by atoms with Crippen molar-refractivity contribution < 1.29 is 0 Å². The van der Waals surface area contributed by atoms with Crippen LogP contribution < -0.4 is 0 Å². The highest BCUT2D eigenvalue weighted by Crippen LogP contribution is 2.65. The van der Waals surface area contributed by atoms with E-state index in [1.54, 1.807) is 11.1 Å². The number of allylic oxidation sites excluding steroid dienone is 4. The minimum Gasteiger partial charge on any atom is -0.303 e. The monoisotopic (exact) mass is 327 g/mol. The predicted molar refractivity (Wildman–Crippen MR) is 103 cm³/mol. The Labute approximate surface area is 149 Å². The SMILES string of the molecule is CCN(C)C1CCC2C3CC=C4C=C(C)CCC4(C)C3CCC21C. The van der Waals surface area contributed by atoms with E-state index in [-0.39, 0.29) is 0 Å². The number of nitrogens with zero attached hydrogens (tertiary/aromatic N) is 1. The molecule has 0 aliphatic heterocycles. The Morgan fingerprint density at radius 3 is 2.67 bits per heavy atom. The van der Waals surface area contributed by atoms with Gasteiger partial charge in [0.15, 0.2) is 0 Å². The first-order chi connectivity index (χ1) is 11.4. The van der Waals surface area contributed by atoms with Crippen LogP contribution >= 0.6 is 0 Å². The number of hydrogen-bond acceptors (Lipinski definition) is 1. The summed E-state index contributed by atoms with van der Waals surface area (Å²) in [6.07, 6.45) is 15.1. The van der Waals surface area contributed by atoms with E-state index in [1.165, 1.54) is 51.5 Å². The molecule has 1 nitrogen and oxygen atoms in total. The van der Waals surface area contributed by atoms with Gasteiger partial charge in [0, 0.05) is 6.04 Å². The molecule has 0 aromatic heterocycles. The van der Waals surface area contributed by atoms with Crippen LogP contribution in [0.25, 0.3) is 0 Å². The van der Waals surface area contributed by atoms with Gasteiger partial charge in [0.05, 0.1) is 0 Å². The van der Waals surface area contributed by atoms with Crippen LogP contribution in [0.2, 0.25) is 0 Å². The second-order valence-electron chi connectivity index (χ2n) is 9.89. The van der Waals surface area contributed by atoms with Gasteiger partial charge in [-0.2, -0.15) is 0 Å². The van der Waals surface area contributed by atoms with E-state index in [1.807, 2.05) is 0 Å². The second kappa shape index (κ2) is 5.73. The molecule has 134 valence electrons. The summed E-state index contributed by atoms with van der Waals surface area (Å²) in [4.78, 5) is 2.65. The molecule has 0 amide bonds. The second-order valence-corrected chi connectivity index (χ2v) is 9.89. The van der Waals surface area contributed by atoms with E-state index < -0.39 is 0 Å². The zero-order chi connectivity index (χ0) is 17.1. The van der Waals surface area contributed by atoms with E-state index >= 15 is 0 Å². The molecule has 0 aromatic carbocycles. The van der Waals surface area contributed by atoms with E-state index in [0.717, 1.165) is 23.8 Å². The molecule has 6 atom stereocenters. The van der Waals surface area contributed by atoms with Gasteiger partial charge in [0.1, 0.15) is 0 Å². The largest absolute Gasteiger partial charge is 0.303 e. The Kier molecular flexibility index (Phi) is 4.03. The molecule has 24 heavy (non-hydrogen) atoms. The molecule has 0 saturated heterocycles. The van der Waals surface area contributed by atoms with Crippen LogP contribution in [0.3, 0.4) is 0 Å². The fraction of sp³-hybridized carbons (Fsp3) is 0.826. The van der Waals surface area contributed by atoms with Crippen LogP contribution in [-0.2, 0) is 0 Å². The van der Waals surface area contributed by atoms with Crippen molar-refractivity contribution in [2.45, 2.75) is 78.7 Å². The van der Waals surface area contributed by atoms with Crippen LogP contribution in [0.5, 0.6) is 0 Å². The molecule has 4 aliphatic carbocycles. The van der Waals surface area contributed by atoms with Crippen molar-refractivity contribution in [2.75, 3.05) is 13.6 Å². The molecule has 2 fully saturated rings. The molecular weight excluding hydrogens is 290 g/mol. The van der Waals surface area contributed by atoms with Gasteiger partial charge in [-0.05, 0) is 99.6 Å². The van der Waals surface area contributed by atoms with E-state index in [9.17, 15) is 0 Å². The highest BCUT2D eigenvalue weighted by molar-refractivity contribution is 5.36. The van der Waals surface area contributed by atoms with Gasteiger partial charge in [-0.25, -0.2) is 0 Å². The third-order valence-electron chi connectivity index (χ3n) is 8.95. The third-order valence-corrected chi connectivity index (χ3v) is 8.95. The summed E-state index contributed by atoms with van der Waals surface area (Å²) in [7, 11) is 2.36. The first kappa shape index (κ1) is 16.9. The summed E-state index contributed by atoms with van der Waals surface area (Å²) in [6.45, 7) is 11.1. The van der Waals surface area contributed by atoms with Gasteiger partial charge in [-0.1, -0.05) is 38.5 Å². The van der Waals surface area contributed by atoms with Crippen molar-refractivity contribution in [3.63, 3.8) is 0 Å². The summed E-state index contributed by atoms with van der Waals surface area (Å²) in [6, 6.07) is 0.820. The fourth-order valence-corrected chi connectivity index (χ4v) is 7.38. The topological polar surface area (TPSA) is 3.24 Å². The Balaban J connectivity index is 1.66. The van der Waals surface area contributed by atoms with Gasteiger partial charge in [-0.15, -0.1) is 0 Å². The standard InChI is InChI=1S/C23H37N/c1-6-24(5)21-10-9-19-18-8-7-17-15-16(2)11-13-22(17,3)20(18)12-14-23(19,21)4/h7,15,18-21H,6,8-14H2,1-5H3. The Hall–Kier alpha value is -0.560. The molecule has 4 rings (SSSR count). The van der Waals surface area contributed by atoms with Crippen molar-refractivity contribution >= 4 is 0 Å². The Bertz CT molecular complexity index is 573. The molecular formula is C23H37N. The lowest BCUT2D eigenvalue weighted by Crippen LogP contribution is -2.52.